The van der Waals surface area contributed by atoms with Crippen molar-refractivity contribution in [3.05, 3.63) is 29.0 Å². The Morgan fingerprint density at radius 3 is 2.70 bits per heavy atom. The van der Waals surface area contributed by atoms with Gasteiger partial charge in [-0.05, 0) is 36.6 Å². The summed E-state index contributed by atoms with van der Waals surface area (Å²) in [6.45, 7) is 0. The van der Waals surface area contributed by atoms with Crippen molar-refractivity contribution in [2.45, 2.75) is 17.4 Å². The minimum Gasteiger partial charge on any atom is -0.548 e. The number of carboxylic acid groups (broad SMARTS) is 1. The molecule has 5 nitrogen and oxygen atoms in total. The van der Waals surface area contributed by atoms with E-state index in [9.17, 15) is 22.7 Å². The van der Waals surface area contributed by atoms with E-state index in [1.807, 2.05) is 4.72 Å². The van der Waals surface area contributed by atoms with E-state index in [1.54, 1.807) is 6.26 Å². The molecule has 0 radical (unpaired) electrons. The second-order valence-corrected chi connectivity index (χ2v) is 6.96. The van der Waals surface area contributed by atoms with E-state index < -0.39 is 27.9 Å². The van der Waals surface area contributed by atoms with Crippen LogP contribution in [-0.2, 0) is 14.8 Å². The normalized spacial score (nSPS) is 13.2. The van der Waals surface area contributed by atoms with E-state index in [0.717, 1.165) is 18.2 Å². The number of rotatable bonds is 7. The highest BCUT2D eigenvalue weighted by Crippen LogP contribution is 2.19. The molecule has 0 aromatic heterocycles. The minimum atomic E-state index is -4.11. The van der Waals surface area contributed by atoms with Crippen LogP contribution in [0.2, 0.25) is 5.02 Å². The molecule has 0 unspecified atom stereocenters. The van der Waals surface area contributed by atoms with Gasteiger partial charge >= 0.3 is 0 Å². The second-order valence-electron chi connectivity index (χ2n) is 3.85. The first-order chi connectivity index (χ1) is 9.27. The third-order valence-electron chi connectivity index (χ3n) is 2.39. The summed E-state index contributed by atoms with van der Waals surface area (Å²) in [4.78, 5) is 10.6. The van der Waals surface area contributed by atoms with Crippen molar-refractivity contribution in [1.82, 2.24) is 4.72 Å². The molecule has 0 spiro atoms. The fraction of sp³-hybridized carbons (Fsp3) is 0.364. The van der Waals surface area contributed by atoms with Gasteiger partial charge < -0.3 is 9.90 Å². The van der Waals surface area contributed by atoms with E-state index >= 15 is 0 Å². The molecule has 0 saturated heterocycles. The monoisotopic (exact) mass is 340 g/mol. The number of hydrogen-bond donors (Lipinski definition) is 1. The molecule has 0 aliphatic carbocycles. The third-order valence-corrected chi connectivity index (χ3v) is 4.80. The van der Waals surface area contributed by atoms with Gasteiger partial charge in [0.05, 0.1) is 21.9 Å². The highest BCUT2D eigenvalue weighted by molar-refractivity contribution is 7.98. The number of aliphatic carboxylic acids is 1. The second kappa shape index (κ2) is 7.26. The van der Waals surface area contributed by atoms with Gasteiger partial charge in [0.25, 0.3) is 0 Å². The smallest absolute Gasteiger partial charge is 0.241 e. The predicted octanol–water partition coefficient (Wildman–Crippen LogP) is 0.629. The zero-order valence-corrected chi connectivity index (χ0v) is 12.8. The van der Waals surface area contributed by atoms with Crippen molar-refractivity contribution in [1.29, 1.82) is 0 Å². The molecule has 0 heterocycles. The number of halogens is 2. The van der Waals surface area contributed by atoms with E-state index in [1.165, 1.54) is 11.8 Å². The van der Waals surface area contributed by atoms with Crippen LogP contribution in [0.3, 0.4) is 0 Å². The summed E-state index contributed by atoms with van der Waals surface area (Å²) < 4.78 is 39.0. The number of carbonyl (C=O) groups excluding carboxylic acids is 1. The van der Waals surface area contributed by atoms with Gasteiger partial charge in [0, 0.05) is 0 Å². The first-order valence-corrected chi connectivity index (χ1v) is 8.70. The first kappa shape index (κ1) is 17.2. The summed E-state index contributed by atoms with van der Waals surface area (Å²) in [7, 11) is -4.11. The Labute approximate surface area is 125 Å². The Bertz CT molecular complexity index is 594. The van der Waals surface area contributed by atoms with Gasteiger partial charge in [-0.3, -0.25) is 0 Å². The Balaban J connectivity index is 2.97. The van der Waals surface area contributed by atoms with Crippen LogP contribution in [0.1, 0.15) is 6.42 Å². The minimum absolute atomic E-state index is 0.0810. The Morgan fingerprint density at radius 1 is 1.55 bits per heavy atom. The molecular weight excluding hydrogens is 329 g/mol. The molecule has 1 atom stereocenters. The van der Waals surface area contributed by atoms with Gasteiger partial charge in [-0.25, -0.2) is 17.5 Å². The maximum absolute atomic E-state index is 13.0. The van der Waals surface area contributed by atoms with Crippen LogP contribution in [0.4, 0.5) is 4.39 Å². The number of nitrogens with one attached hydrogen (secondary N) is 1. The highest BCUT2D eigenvalue weighted by Gasteiger charge is 2.21. The van der Waals surface area contributed by atoms with Crippen molar-refractivity contribution < 1.29 is 22.7 Å². The number of benzene rings is 1. The van der Waals surface area contributed by atoms with Crippen LogP contribution in [-0.4, -0.2) is 32.4 Å². The highest BCUT2D eigenvalue weighted by atomic mass is 35.5. The van der Waals surface area contributed by atoms with Gasteiger partial charge in [0.2, 0.25) is 10.0 Å². The molecule has 0 aliphatic heterocycles. The molecule has 0 bridgehead atoms. The molecule has 0 saturated carbocycles. The maximum Gasteiger partial charge on any atom is 0.241 e. The lowest BCUT2D eigenvalue weighted by atomic mass is 10.2. The standard InChI is InChI=1S/C11H13ClFNO4S2/c1-19-5-4-10(11(15)16)14-20(17,18)7-2-3-9(13)8(12)6-7/h2-3,6,10,14H,4-5H2,1H3,(H,15,16)/p-1/t10-/m0/s1. The molecule has 0 amide bonds. The van der Waals surface area contributed by atoms with Crippen LogP contribution < -0.4 is 9.83 Å². The number of hydrogen-bond acceptors (Lipinski definition) is 5. The molecule has 9 heteroatoms. The maximum atomic E-state index is 13.0. The molecular formula is C11H12ClFNO4S2-. The fourth-order valence-electron chi connectivity index (χ4n) is 1.36. The Morgan fingerprint density at radius 2 is 2.20 bits per heavy atom. The number of carboxylic acids is 1. The SMILES string of the molecule is CSCC[C@H](NS(=O)(=O)c1ccc(F)c(Cl)c1)C(=O)[O-]. The summed E-state index contributed by atoms with van der Waals surface area (Å²) in [5, 5.41) is 10.5. The first-order valence-electron chi connectivity index (χ1n) is 5.45. The topological polar surface area (TPSA) is 86.3 Å². The van der Waals surface area contributed by atoms with Crippen molar-refractivity contribution in [2.24, 2.45) is 0 Å². The van der Waals surface area contributed by atoms with Crippen LogP contribution in [0.15, 0.2) is 23.1 Å². The summed E-state index contributed by atoms with van der Waals surface area (Å²) in [5.74, 6) is -1.83. The van der Waals surface area contributed by atoms with Gasteiger partial charge in [-0.1, -0.05) is 11.6 Å². The van der Waals surface area contributed by atoms with Gasteiger partial charge in [0.1, 0.15) is 5.82 Å². The zero-order valence-electron chi connectivity index (χ0n) is 10.4. The van der Waals surface area contributed by atoms with Gasteiger partial charge in [-0.2, -0.15) is 11.8 Å². The van der Waals surface area contributed by atoms with Crippen molar-refractivity contribution in [3.63, 3.8) is 0 Å². The summed E-state index contributed by atoms with van der Waals surface area (Å²) in [5.41, 5.74) is 0. The molecule has 20 heavy (non-hydrogen) atoms. The molecule has 1 rings (SSSR count). The predicted molar refractivity (Wildman–Crippen MR) is 73.5 cm³/mol. The number of sulfonamides is 1. The van der Waals surface area contributed by atoms with Crippen LogP contribution >= 0.6 is 23.4 Å². The molecule has 0 aliphatic rings. The lowest BCUT2D eigenvalue weighted by molar-refractivity contribution is -0.308. The van der Waals surface area contributed by atoms with Crippen molar-refractivity contribution in [2.75, 3.05) is 12.0 Å². The largest absolute Gasteiger partial charge is 0.548 e. The van der Waals surface area contributed by atoms with E-state index in [0.29, 0.717) is 5.75 Å². The summed E-state index contributed by atoms with van der Waals surface area (Å²) in [6.07, 6.45) is 1.85. The average molecular weight is 341 g/mol. The molecule has 112 valence electrons. The average Bonchev–Trinajstić information content (AvgIpc) is 2.37. The molecule has 1 aromatic rings. The lowest BCUT2D eigenvalue weighted by Gasteiger charge is -2.19. The van der Waals surface area contributed by atoms with Crippen LogP contribution in [0.25, 0.3) is 0 Å². The lowest BCUT2D eigenvalue weighted by Crippen LogP contribution is -2.48. The molecule has 0 fully saturated rings. The molecule has 1 aromatic carbocycles. The van der Waals surface area contributed by atoms with Gasteiger partial charge in [0.15, 0.2) is 0 Å². The van der Waals surface area contributed by atoms with Gasteiger partial charge in [-0.15, -0.1) is 0 Å². The van der Waals surface area contributed by atoms with Crippen LogP contribution in [0, 0.1) is 5.82 Å². The summed E-state index contributed by atoms with van der Waals surface area (Å²) in [6, 6.07) is 1.47. The van der Waals surface area contributed by atoms with Crippen molar-refractivity contribution in [3.8, 4) is 0 Å². The van der Waals surface area contributed by atoms with Crippen LogP contribution in [0.5, 0.6) is 0 Å². The fourth-order valence-corrected chi connectivity index (χ4v) is 3.32. The Hall–Kier alpha value is -0.830. The number of thioether (sulfide) groups is 1. The van der Waals surface area contributed by atoms with Crippen molar-refractivity contribution >= 4 is 39.4 Å². The third kappa shape index (κ3) is 4.62. The number of carbonyl (C=O) groups is 1. The molecule has 1 N–H and O–H groups in total. The van der Waals surface area contributed by atoms with E-state index in [2.05, 4.69) is 0 Å². The zero-order chi connectivity index (χ0) is 15.3. The summed E-state index contributed by atoms with van der Waals surface area (Å²) >= 11 is 6.88. The van der Waals surface area contributed by atoms with E-state index in [-0.39, 0.29) is 16.3 Å². The van der Waals surface area contributed by atoms with E-state index in [4.69, 9.17) is 11.6 Å². The Kier molecular flexibility index (Phi) is 6.25. The quantitative estimate of drug-likeness (QED) is 0.786.